The fourth-order valence-corrected chi connectivity index (χ4v) is 1.99. The van der Waals surface area contributed by atoms with Gasteiger partial charge in [0.05, 0.1) is 6.61 Å². The lowest BCUT2D eigenvalue weighted by Gasteiger charge is -2.37. The standard InChI is InChI=1S/C14H32N2O/c1-8-12(2)16(9-10-17-7)11-13(15-6)14(3,4)5/h12-13,15H,8-11H2,1-7H3. The second-order valence-electron chi connectivity index (χ2n) is 5.95. The molecule has 0 aliphatic heterocycles. The van der Waals surface area contributed by atoms with E-state index in [4.69, 9.17) is 4.74 Å². The average Bonchev–Trinajstić information content (AvgIpc) is 2.26. The Hall–Kier alpha value is -0.120. The van der Waals surface area contributed by atoms with Crippen molar-refractivity contribution < 1.29 is 4.74 Å². The van der Waals surface area contributed by atoms with Crippen LogP contribution in [-0.2, 0) is 4.74 Å². The molecular weight excluding hydrogens is 212 g/mol. The summed E-state index contributed by atoms with van der Waals surface area (Å²) in [6.45, 7) is 14.3. The van der Waals surface area contributed by atoms with Crippen molar-refractivity contribution in [3.8, 4) is 0 Å². The van der Waals surface area contributed by atoms with Crippen LogP contribution in [0.5, 0.6) is 0 Å². The number of methoxy groups -OCH3 is 1. The summed E-state index contributed by atoms with van der Waals surface area (Å²) in [5, 5.41) is 3.45. The van der Waals surface area contributed by atoms with Crippen LogP contribution < -0.4 is 5.32 Å². The van der Waals surface area contributed by atoms with Crippen LogP contribution in [0.1, 0.15) is 41.0 Å². The molecule has 1 N–H and O–H groups in total. The van der Waals surface area contributed by atoms with Crippen molar-refractivity contribution in [1.29, 1.82) is 0 Å². The summed E-state index contributed by atoms with van der Waals surface area (Å²) in [7, 11) is 3.83. The molecule has 0 rings (SSSR count). The summed E-state index contributed by atoms with van der Waals surface area (Å²) in [6.07, 6.45) is 1.18. The molecule has 0 aliphatic rings. The molecule has 0 radical (unpaired) electrons. The fraction of sp³-hybridized carbons (Fsp3) is 1.00. The second kappa shape index (κ2) is 8.06. The van der Waals surface area contributed by atoms with Crippen LogP contribution in [0, 0.1) is 5.41 Å². The molecular formula is C14H32N2O. The second-order valence-corrected chi connectivity index (χ2v) is 5.95. The summed E-state index contributed by atoms with van der Waals surface area (Å²) < 4.78 is 5.21. The highest BCUT2D eigenvalue weighted by atomic mass is 16.5. The summed E-state index contributed by atoms with van der Waals surface area (Å²) in [4.78, 5) is 2.52. The summed E-state index contributed by atoms with van der Waals surface area (Å²) >= 11 is 0. The molecule has 2 unspecified atom stereocenters. The van der Waals surface area contributed by atoms with Gasteiger partial charge in [-0.1, -0.05) is 27.7 Å². The van der Waals surface area contributed by atoms with E-state index in [2.05, 4.69) is 51.9 Å². The predicted molar refractivity (Wildman–Crippen MR) is 75.5 cm³/mol. The third kappa shape index (κ3) is 6.39. The predicted octanol–water partition coefficient (Wildman–Crippen LogP) is 2.37. The van der Waals surface area contributed by atoms with E-state index in [0.717, 1.165) is 19.7 Å². The Labute approximate surface area is 108 Å². The third-order valence-corrected chi connectivity index (χ3v) is 3.61. The fourth-order valence-electron chi connectivity index (χ4n) is 1.99. The number of rotatable bonds is 8. The molecule has 104 valence electrons. The zero-order valence-electron chi connectivity index (χ0n) is 12.8. The van der Waals surface area contributed by atoms with E-state index < -0.39 is 0 Å². The first-order chi connectivity index (χ1) is 7.86. The van der Waals surface area contributed by atoms with Gasteiger partial charge in [0.1, 0.15) is 0 Å². The smallest absolute Gasteiger partial charge is 0.0589 e. The van der Waals surface area contributed by atoms with Crippen LogP contribution in [0.2, 0.25) is 0 Å². The molecule has 0 fully saturated rings. The van der Waals surface area contributed by atoms with Crippen molar-refractivity contribution in [3.05, 3.63) is 0 Å². The average molecular weight is 244 g/mol. The largest absolute Gasteiger partial charge is 0.383 e. The van der Waals surface area contributed by atoms with Gasteiger partial charge in [0.2, 0.25) is 0 Å². The maximum Gasteiger partial charge on any atom is 0.0589 e. The van der Waals surface area contributed by atoms with Gasteiger partial charge in [-0.25, -0.2) is 0 Å². The monoisotopic (exact) mass is 244 g/mol. The number of nitrogens with one attached hydrogen (secondary N) is 1. The summed E-state index contributed by atoms with van der Waals surface area (Å²) in [5.74, 6) is 0. The van der Waals surface area contributed by atoms with E-state index in [1.54, 1.807) is 7.11 Å². The van der Waals surface area contributed by atoms with Crippen molar-refractivity contribution in [1.82, 2.24) is 10.2 Å². The zero-order valence-corrected chi connectivity index (χ0v) is 12.8. The van der Waals surface area contributed by atoms with E-state index >= 15 is 0 Å². The number of ether oxygens (including phenoxy) is 1. The molecule has 0 bridgehead atoms. The van der Waals surface area contributed by atoms with Gasteiger partial charge < -0.3 is 10.1 Å². The Kier molecular flexibility index (Phi) is 8.01. The van der Waals surface area contributed by atoms with E-state index in [0.29, 0.717) is 12.1 Å². The Morgan fingerprint density at radius 1 is 1.29 bits per heavy atom. The molecule has 0 saturated carbocycles. The molecule has 0 aromatic rings. The lowest BCUT2D eigenvalue weighted by molar-refractivity contribution is 0.0974. The molecule has 0 aromatic carbocycles. The van der Waals surface area contributed by atoms with Gasteiger partial charge >= 0.3 is 0 Å². The number of likely N-dealkylation sites (N-methyl/N-ethyl adjacent to an activating group) is 1. The first-order valence-electron chi connectivity index (χ1n) is 6.77. The topological polar surface area (TPSA) is 24.5 Å². The van der Waals surface area contributed by atoms with Crippen LogP contribution in [0.4, 0.5) is 0 Å². The summed E-state index contributed by atoms with van der Waals surface area (Å²) in [5.41, 5.74) is 0.285. The van der Waals surface area contributed by atoms with E-state index in [1.807, 2.05) is 0 Å². The Morgan fingerprint density at radius 3 is 2.24 bits per heavy atom. The van der Waals surface area contributed by atoms with Crippen LogP contribution in [-0.4, -0.2) is 50.8 Å². The first kappa shape index (κ1) is 16.9. The van der Waals surface area contributed by atoms with Gasteiger partial charge in [-0.2, -0.15) is 0 Å². The quantitative estimate of drug-likeness (QED) is 0.709. The molecule has 0 spiro atoms. The molecule has 3 nitrogen and oxygen atoms in total. The Bertz CT molecular complexity index is 189. The lowest BCUT2D eigenvalue weighted by atomic mass is 9.86. The minimum atomic E-state index is 0.285. The SMILES string of the molecule is CCC(C)N(CCOC)CC(NC)C(C)(C)C. The van der Waals surface area contributed by atoms with Gasteiger partial charge in [-0.05, 0) is 25.8 Å². The van der Waals surface area contributed by atoms with Crippen LogP contribution in [0.25, 0.3) is 0 Å². The molecule has 2 atom stereocenters. The van der Waals surface area contributed by atoms with Crippen LogP contribution in [0.3, 0.4) is 0 Å². The number of nitrogens with zero attached hydrogens (tertiary/aromatic N) is 1. The van der Waals surface area contributed by atoms with E-state index in [9.17, 15) is 0 Å². The first-order valence-corrected chi connectivity index (χ1v) is 6.77. The van der Waals surface area contributed by atoms with Gasteiger partial charge in [0.15, 0.2) is 0 Å². The molecule has 0 heterocycles. The minimum Gasteiger partial charge on any atom is -0.383 e. The van der Waals surface area contributed by atoms with Crippen molar-refractivity contribution >= 4 is 0 Å². The lowest BCUT2D eigenvalue weighted by Crippen LogP contribution is -2.50. The highest BCUT2D eigenvalue weighted by Crippen LogP contribution is 2.20. The molecule has 17 heavy (non-hydrogen) atoms. The zero-order chi connectivity index (χ0) is 13.5. The van der Waals surface area contributed by atoms with E-state index in [1.165, 1.54) is 6.42 Å². The van der Waals surface area contributed by atoms with Crippen LogP contribution in [0.15, 0.2) is 0 Å². The highest BCUT2D eigenvalue weighted by molar-refractivity contribution is 4.83. The molecule has 0 amide bonds. The molecule has 0 saturated heterocycles. The van der Waals surface area contributed by atoms with E-state index in [-0.39, 0.29) is 5.41 Å². The van der Waals surface area contributed by atoms with Crippen molar-refractivity contribution in [2.75, 3.05) is 33.9 Å². The van der Waals surface area contributed by atoms with Crippen molar-refractivity contribution in [3.63, 3.8) is 0 Å². The molecule has 0 aliphatic carbocycles. The maximum absolute atomic E-state index is 5.21. The Balaban J connectivity index is 4.48. The molecule has 0 aromatic heterocycles. The normalized spacial score (nSPS) is 16.2. The van der Waals surface area contributed by atoms with Crippen molar-refractivity contribution in [2.45, 2.75) is 53.1 Å². The number of hydrogen-bond donors (Lipinski definition) is 1. The van der Waals surface area contributed by atoms with Crippen LogP contribution >= 0.6 is 0 Å². The highest BCUT2D eigenvalue weighted by Gasteiger charge is 2.26. The number of hydrogen-bond acceptors (Lipinski definition) is 3. The Morgan fingerprint density at radius 2 is 1.88 bits per heavy atom. The minimum absolute atomic E-state index is 0.285. The maximum atomic E-state index is 5.21. The van der Waals surface area contributed by atoms with Gasteiger partial charge in [0.25, 0.3) is 0 Å². The molecule has 3 heteroatoms. The van der Waals surface area contributed by atoms with Crippen molar-refractivity contribution in [2.24, 2.45) is 5.41 Å². The van der Waals surface area contributed by atoms with Gasteiger partial charge in [0, 0.05) is 32.3 Å². The van der Waals surface area contributed by atoms with Gasteiger partial charge in [-0.3, -0.25) is 4.90 Å². The third-order valence-electron chi connectivity index (χ3n) is 3.61. The summed E-state index contributed by atoms with van der Waals surface area (Å²) in [6, 6.07) is 1.12. The van der Waals surface area contributed by atoms with Gasteiger partial charge in [-0.15, -0.1) is 0 Å².